The molecule has 0 fully saturated rings. The number of aliphatic hydroxyl groups excluding tert-OH is 2. The molecule has 1 heterocycles. The van der Waals surface area contributed by atoms with Crippen molar-refractivity contribution in [2.24, 2.45) is 0 Å². The molecule has 3 N–H and O–H groups in total. The first-order valence-electron chi connectivity index (χ1n) is 6.14. The molecule has 1 aromatic carbocycles. The molecule has 0 bridgehead atoms. The summed E-state index contributed by atoms with van der Waals surface area (Å²) >= 11 is 1.16. The Morgan fingerprint density at radius 2 is 2.16 bits per heavy atom. The van der Waals surface area contributed by atoms with E-state index in [9.17, 15) is 15.0 Å². The molecule has 19 heavy (non-hydrogen) atoms. The van der Waals surface area contributed by atoms with E-state index in [1.807, 2.05) is 24.4 Å². The summed E-state index contributed by atoms with van der Waals surface area (Å²) in [5.74, 6) is 0.514. The first kappa shape index (κ1) is 14.1. The van der Waals surface area contributed by atoms with E-state index >= 15 is 0 Å². The Hall–Kier alpha value is -1.30. The average Bonchev–Trinajstić information content (AvgIpc) is 2.84. The van der Waals surface area contributed by atoms with E-state index in [1.54, 1.807) is 6.07 Å². The number of aromatic amines is 1. The third-order valence-electron chi connectivity index (χ3n) is 3.00. The quantitative estimate of drug-likeness (QED) is 0.784. The molecule has 1 aromatic heterocycles. The number of fused-ring (bicyclic) bond motifs is 1. The summed E-state index contributed by atoms with van der Waals surface area (Å²) in [6, 6.07) is 7.46. The van der Waals surface area contributed by atoms with Crippen LogP contribution in [-0.4, -0.2) is 32.2 Å². The van der Waals surface area contributed by atoms with Crippen molar-refractivity contribution >= 4 is 27.8 Å². The summed E-state index contributed by atoms with van der Waals surface area (Å²) in [6.07, 6.45) is 0.437. The number of thioether (sulfide) groups is 1. The molecule has 0 spiro atoms. The third kappa shape index (κ3) is 3.59. The van der Waals surface area contributed by atoms with Gasteiger partial charge in [-0.25, -0.2) is 0 Å². The predicted molar refractivity (Wildman–Crippen MR) is 77.0 cm³/mol. The molecule has 0 aliphatic carbocycles. The van der Waals surface area contributed by atoms with Crippen LogP contribution in [0.1, 0.15) is 25.0 Å². The van der Waals surface area contributed by atoms with Crippen molar-refractivity contribution in [3.63, 3.8) is 0 Å². The van der Waals surface area contributed by atoms with E-state index < -0.39 is 12.2 Å². The number of rotatable bonds is 5. The summed E-state index contributed by atoms with van der Waals surface area (Å²) in [6.45, 7) is 1.49. The number of hydrogen-bond acceptors (Lipinski definition) is 4. The number of aromatic nitrogens is 1. The zero-order chi connectivity index (χ0) is 13.8. The molecule has 2 atom stereocenters. The number of benzene rings is 1. The Labute approximate surface area is 115 Å². The normalized spacial score (nSPS) is 14.5. The molecule has 0 radical (unpaired) electrons. The third-order valence-corrected chi connectivity index (χ3v) is 3.85. The molecule has 0 aliphatic heterocycles. The van der Waals surface area contributed by atoms with Gasteiger partial charge >= 0.3 is 0 Å². The van der Waals surface area contributed by atoms with Crippen LogP contribution in [0.15, 0.2) is 30.5 Å². The molecule has 5 heteroatoms. The Morgan fingerprint density at radius 1 is 1.37 bits per heavy atom. The standard InChI is InChI=1S/C14H17NO3S/c1-9(16)19-7-5-13(17)14(18)11-2-3-12-10(8-11)4-6-15-12/h2-4,6,8,13-15,17-18H,5,7H2,1H3. The second-order valence-electron chi connectivity index (χ2n) is 4.47. The van der Waals surface area contributed by atoms with Crippen molar-refractivity contribution in [1.29, 1.82) is 0 Å². The molecule has 102 valence electrons. The highest BCUT2D eigenvalue weighted by atomic mass is 32.2. The lowest BCUT2D eigenvalue weighted by Crippen LogP contribution is -2.19. The van der Waals surface area contributed by atoms with Crippen molar-refractivity contribution in [2.45, 2.75) is 25.6 Å². The van der Waals surface area contributed by atoms with Gasteiger partial charge in [-0.05, 0) is 35.6 Å². The van der Waals surface area contributed by atoms with Crippen molar-refractivity contribution in [1.82, 2.24) is 4.98 Å². The monoisotopic (exact) mass is 279 g/mol. The van der Waals surface area contributed by atoms with E-state index in [0.29, 0.717) is 17.7 Å². The van der Waals surface area contributed by atoms with Crippen LogP contribution in [0.3, 0.4) is 0 Å². The number of aliphatic hydroxyl groups is 2. The minimum absolute atomic E-state index is 0.0235. The minimum Gasteiger partial charge on any atom is -0.390 e. The molecule has 2 unspecified atom stereocenters. The van der Waals surface area contributed by atoms with Crippen LogP contribution >= 0.6 is 11.8 Å². The van der Waals surface area contributed by atoms with Crippen molar-refractivity contribution in [3.8, 4) is 0 Å². The van der Waals surface area contributed by atoms with Crippen LogP contribution in [0.2, 0.25) is 0 Å². The summed E-state index contributed by atoms with van der Waals surface area (Å²) in [5.41, 5.74) is 1.69. The fraction of sp³-hybridized carbons (Fsp3) is 0.357. The first-order valence-corrected chi connectivity index (χ1v) is 7.13. The molecule has 2 aromatic rings. The van der Waals surface area contributed by atoms with Gasteiger partial charge in [0.05, 0.1) is 6.10 Å². The second-order valence-corrected chi connectivity index (χ2v) is 5.74. The number of hydrogen-bond donors (Lipinski definition) is 3. The molecule has 4 nitrogen and oxygen atoms in total. The lowest BCUT2D eigenvalue weighted by atomic mass is 10.0. The highest BCUT2D eigenvalue weighted by Crippen LogP contribution is 2.24. The first-order chi connectivity index (χ1) is 9.08. The number of nitrogens with one attached hydrogen (secondary N) is 1. The van der Waals surface area contributed by atoms with Gasteiger partial charge < -0.3 is 15.2 Å². The van der Waals surface area contributed by atoms with E-state index in [4.69, 9.17) is 0 Å². The number of H-pyrrole nitrogens is 1. The van der Waals surface area contributed by atoms with Crippen molar-refractivity contribution in [3.05, 3.63) is 36.0 Å². The summed E-state index contributed by atoms with van der Waals surface area (Å²) in [5, 5.41) is 21.0. The molecule has 0 aliphatic rings. The Morgan fingerprint density at radius 3 is 2.89 bits per heavy atom. The summed E-state index contributed by atoms with van der Waals surface area (Å²) in [4.78, 5) is 13.9. The van der Waals surface area contributed by atoms with Gasteiger partial charge in [-0.2, -0.15) is 0 Å². The lowest BCUT2D eigenvalue weighted by molar-refractivity contribution is -0.109. The van der Waals surface area contributed by atoms with Gasteiger partial charge in [0.25, 0.3) is 0 Å². The summed E-state index contributed by atoms with van der Waals surface area (Å²) in [7, 11) is 0. The fourth-order valence-electron chi connectivity index (χ4n) is 1.96. The molecule has 0 amide bonds. The SMILES string of the molecule is CC(=O)SCCC(O)C(O)c1ccc2[nH]ccc2c1. The molecular weight excluding hydrogens is 262 g/mol. The maximum absolute atomic E-state index is 10.8. The number of carbonyl (C=O) groups excluding carboxylic acids is 1. The average molecular weight is 279 g/mol. The van der Waals surface area contributed by atoms with Crippen molar-refractivity contribution < 1.29 is 15.0 Å². The van der Waals surface area contributed by atoms with Gasteiger partial charge in [0.1, 0.15) is 6.10 Å². The van der Waals surface area contributed by atoms with Crippen LogP contribution in [0, 0.1) is 0 Å². The maximum Gasteiger partial charge on any atom is 0.185 e. The topological polar surface area (TPSA) is 73.3 Å². The highest BCUT2D eigenvalue weighted by molar-refractivity contribution is 8.13. The van der Waals surface area contributed by atoms with Crippen LogP contribution in [0.5, 0.6) is 0 Å². The Kier molecular flexibility index (Phi) is 4.63. The summed E-state index contributed by atoms with van der Waals surface area (Å²) < 4.78 is 0. The Bertz CT molecular complexity index is 567. The van der Waals surface area contributed by atoms with Crippen LogP contribution < -0.4 is 0 Å². The van der Waals surface area contributed by atoms with Crippen molar-refractivity contribution in [2.75, 3.05) is 5.75 Å². The van der Waals surface area contributed by atoms with E-state index in [0.717, 1.165) is 22.7 Å². The van der Waals surface area contributed by atoms with Gasteiger partial charge in [-0.3, -0.25) is 4.79 Å². The highest BCUT2D eigenvalue weighted by Gasteiger charge is 2.18. The van der Waals surface area contributed by atoms with Gasteiger partial charge in [0, 0.05) is 24.4 Å². The molecule has 0 saturated carbocycles. The number of carbonyl (C=O) groups is 1. The minimum atomic E-state index is -0.924. The second kappa shape index (κ2) is 6.23. The maximum atomic E-state index is 10.8. The largest absolute Gasteiger partial charge is 0.390 e. The van der Waals surface area contributed by atoms with Crippen LogP contribution in [0.4, 0.5) is 0 Å². The van der Waals surface area contributed by atoms with Crippen LogP contribution in [0.25, 0.3) is 10.9 Å². The smallest absolute Gasteiger partial charge is 0.185 e. The van der Waals surface area contributed by atoms with E-state index in [1.165, 1.54) is 6.92 Å². The lowest BCUT2D eigenvalue weighted by Gasteiger charge is -2.17. The molecule has 2 rings (SSSR count). The molecule has 0 saturated heterocycles. The zero-order valence-corrected chi connectivity index (χ0v) is 11.5. The predicted octanol–water partition coefficient (Wildman–Crippen LogP) is 2.23. The zero-order valence-electron chi connectivity index (χ0n) is 10.7. The van der Waals surface area contributed by atoms with Crippen LogP contribution in [-0.2, 0) is 4.79 Å². The van der Waals surface area contributed by atoms with E-state index in [2.05, 4.69) is 4.98 Å². The fourth-order valence-corrected chi connectivity index (χ4v) is 2.61. The Balaban J connectivity index is 2.01. The van der Waals surface area contributed by atoms with Gasteiger partial charge in [-0.1, -0.05) is 17.8 Å². The van der Waals surface area contributed by atoms with Gasteiger partial charge in [0.2, 0.25) is 0 Å². The van der Waals surface area contributed by atoms with Gasteiger partial charge in [0.15, 0.2) is 5.12 Å². The molecular formula is C14H17NO3S. The van der Waals surface area contributed by atoms with E-state index in [-0.39, 0.29) is 5.12 Å². The van der Waals surface area contributed by atoms with Gasteiger partial charge in [-0.15, -0.1) is 0 Å².